The summed E-state index contributed by atoms with van der Waals surface area (Å²) in [6, 6.07) is 20.8. The number of halogens is 1. The van der Waals surface area contributed by atoms with E-state index in [0.29, 0.717) is 33.9 Å². The number of nitrogens with zero attached hydrogens (tertiary/aromatic N) is 3. The molecule has 0 radical (unpaired) electrons. The average Bonchev–Trinajstić information content (AvgIpc) is 3.15. The van der Waals surface area contributed by atoms with Gasteiger partial charge in [-0.1, -0.05) is 36.4 Å². The van der Waals surface area contributed by atoms with E-state index in [1.807, 2.05) is 30.3 Å². The van der Waals surface area contributed by atoms with Crippen LogP contribution in [0, 0.1) is 5.82 Å². The van der Waals surface area contributed by atoms with Gasteiger partial charge < -0.3 is 24.6 Å². The molecule has 3 aromatic carbocycles. The molecule has 1 N–H and O–H groups in total. The molecule has 220 valence electrons. The fraction of sp³-hybridized carbons (Fsp3) is 0.212. The number of hydrogen-bond acceptors (Lipinski definition) is 6. The van der Waals surface area contributed by atoms with Crippen LogP contribution in [0.4, 0.5) is 10.1 Å². The average molecular weight is 583 g/mol. The number of rotatable bonds is 9. The van der Waals surface area contributed by atoms with Gasteiger partial charge in [0.1, 0.15) is 23.4 Å². The Morgan fingerprint density at radius 1 is 0.953 bits per heavy atom. The molecule has 3 amide bonds. The Labute approximate surface area is 248 Å². The molecule has 1 aliphatic heterocycles. The smallest absolute Gasteiger partial charge is 0.254 e. The van der Waals surface area contributed by atoms with E-state index in [4.69, 9.17) is 9.47 Å². The molecule has 43 heavy (non-hydrogen) atoms. The molecule has 0 fully saturated rings. The highest BCUT2D eigenvalue weighted by Crippen LogP contribution is 2.34. The first-order chi connectivity index (χ1) is 20.9. The molecule has 0 bridgehead atoms. The molecular weight excluding hydrogens is 551 g/mol. The number of pyridine rings is 1. The van der Waals surface area contributed by atoms with Crippen LogP contribution >= 0.6 is 0 Å². The highest BCUT2D eigenvalue weighted by molar-refractivity contribution is 6.05. The minimum atomic E-state index is -1.15. The van der Waals surface area contributed by atoms with Crippen molar-refractivity contribution >= 4 is 23.4 Å². The lowest BCUT2D eigenvalue weighted by Gasteiger charge is -2.31. The summed E-state index contributed by atoms with van der Waals surface area (Å²) in [4.78, 5) is 48.6. The topological polar surface area (TPSA) is 101 Å². The van der Waals surface area contributed by atoms with Crippen LogP contribution in [0.25, 0.3) is 0 Å². The number of para-hydroxylation sites is 1. The van der Waals surface area contributed by atoms with Crippen molar-refractivity contribution in [2.45, 2.75) is 32.1 Å². The first-order valence-corrected chi connectivity index (χ1v) is 13.7. The zero-order valence-corrected chi connectivity index (χ0v) is 23.8. The van der Waals surface area contributed by atoms with Crippen LogP contribution in [0.5, 0.6) is 11.5 Å². The van der Waals surface area contributed by atoms with Gasteiger partial charge in [0.2, 0.25) is 5.91 Å². The van der Waals surface area contributed by atoms with Gasteiger partial charge in [0.25, 0.3) is 11.8 Å². The summed E-state index contributed by atoms with van der Waals surface area (Å²) in [5.41, 5.74) is 2.71. The normalized spacial score (nSPS) is 14.5. The number of hydrogen-bond donors (Lipinski definition) is 1. The largest absolute Gasteiger partial charge is 0.497 e. The highest BCUT2D eigenvalue weighted by atomic mass is 19.1. The van der Waals surface area contributed by atoms with Crippen molar-refractivity contribution in [2.75, 3.05) is 19.1 Å². The van der Waals surface area contributed by atoms with Crippen molar-refractivity contribution < 1.29 is 28.2 Å². The van der Waals surface area contributed by atoms with Crippen LogP contribution in [-0.4, -0.2) is 47.9 Å². The SMILES string of the molecule is COc1ccc(CN2C(=O)C(CC(=O)NCc3ccccc3F)N(C(=O)c3ccncc3)Cc3ccccc32)c(OC)c1. The van der Waals surface area contributed by atoms with Gasteiger partial charge in [-0.2, -0.15) is 0 Å². The van der Waals surface area contributed by atoms with Gasteiger partial charge in [0, 0.05) is 53.9 Å². The van der Waals surface area contributed by atoms with Gasteiger partial charge in [-0.15, -0.1) is 0 Å². The standard InChI is InChI=1S/C33H31FN4O5/c1-42-26-12-11-25(30(17-26)43-2)21-37-28-10-6-4-8-24(28)20-38(32(40)22-13-15-35-16-14-22)29(33(37)41)18-31(39)36-19-23-7-3-5-9-27(23)34/h3-17,29H,18-21H2,1-2H3,(H,36,39). The second-order valence-electron chi connectivity index (χ2n) is 9.99. The summed E-state index contributed by atoms with van der Waals surface area (Å²) >= 11 is 0. The molecule has 10 heteroatoms. The zero-order chi connectivity index (χ0) is 30.3. The van der Waals surface area contributed by atoms with Gasteiger partial charge in [-0.25, -0.2) is 4.39 Å². The number of benzene rings is 3. The quantitative estimate of drug-likeness (QED) is 0.312. The molecule has 0 saturated heterocycles. The molecule has 1 aromatic heterocycles. The fourth-order valence-corrected chi connectivity index (χ4v) is 5.10. The summed E-state index contributed by atoms with van der Waals surface area (Å²) in [6.07, 6.45) is 2.67. The summed E-state index contributed by atoms with van der Waals surface area (Å²) < 4.78 is 25.1. The second kappa shape index (κ2) is 13.2. The van der Waals surface area contributed by atoms with E-state index in [1.54, 1.807) is 54.5 Å². The minimum Gasteiger partial charge on any atom is -0.497 e. The van der Waals surface area contributed by atoms with E-state index >= 15 is 0 Å². The summed E-state index contributed by atoms with van der Waals surface area (Å²) in [6.45, 7) is 0.149. The summed E-state index contributed by atoms with van der Waals surface area (Å²) in [7, 11) is 3.09. The fourth-order valence-electron chi connectivity index (χ4n) is 5.10. The Morgan fingerprint density at radius 2 is 1.70 bits per heavy atom. The van der Waals surface area contributed by atoms with Crippen molar-refractivity contribution in [1.82, 2.24) is 15.2 Å². The Bertz CT molecular complexity index is 1630. The lowest BCUT2D eigenvalue weighted by atomic mass is 10.1. The second-order valence-corrected chi connectivity index (χ2v) is 9.99. The van der Waals surface area contributed by atoms with E-state index in [2.05, 4.69) is 10.3 Å². The molecule has 4 aromatic rings. The van der Waals surface area contributed by atoms with Crippen molar-refractivity contribution in [3.63, 3.8) is 0 Å². The van der Waals surface area contributed by atoms with Gasteiger partial charge in [0.05, 0.1) is 27.2 Å². The van der Waals surface area contributed by atoms with Crippen molar-refractivity contribution in [3.8, 4) is 11.5 Å². The maximum Gasteiger partial charge on any atom is 0.254 e. The van der Waals surface area contributed by atoms with Gasteiger partial charge in [-0.05, 0) is 42.0 Å². The maximum atomic E-state index is 14.5. The summed E-state index contributed by atoms with van der Waals surface area (Å²) in [5.74, 6) is -0.674. The molecule has 0 spiro atoms. The lowest BCUT2D eigenvalue weighted by Crippen LogP contribution is -2.50. The van der Waals surface area contributed by atoms with E-state index in [9.17, 15) is 18.8 Å². The van der Waals surface area contributed by atoms with E-state index in [1.165, 1.54) is 30.5 Å². The highest BCUT2D eigenvalue weighted by Gasteiger charge is 2.39. The van der Waals surface area contributed by atoms with Crippen LogP contribution in [0.3, 0.4) is 0 Å². The van der Waals surface area contributed by atoms with Crippen molar-refractivity contribution in [3.05, 3.63) is 119 Å². The molecule has 2 heterocycles. The number of methoxy groups -OCH3 is 2. The predicted octanol–water partition coefficient (Wildman–Crippen LogP) is 4.50. The number of amides is 3. The third-order valence-corrected chi connectivity index (χ3v) is 7.37. The number of carbonyl (C=O) groups is 3. The zero-order valence-electron chi connectivity index (χ0n) is 23.8. The molecule has 0 saturated carbocycles. The van der Waals surface area contributed by atoms with Gasteiger partial charge in [0.15, 0.2) is 0 Å². The maximum absolute atomic E-state index is 14.5. The number of fused-ring (bicyclic) bond motifs is 1. The Balaban J connectivity index is 1.52. The Hall–Kier alpha value is -5.25. The molecule has 9 nitrogen and oxygen atoms in total. The number of aromatic nitrogens is 1. The van der Waals surface area contributed by atoms with E-state index in [0.717, 1.165) is 5.56 Å². The molecular formula is C33H31FN4O5. The van der Waals surface area contributed by atoms with E-state index < -0.39 is 29.6 Å². The van der Waals surface area contributed by atoms with Crippen LogP contribution < -0.4 is 19.7 Å². The van der Waals surface area contributed by atoms with Gasteiger partial charge in [-0.3, -0.25) is 19.4 Å². The van der Waals surface area contributed by atoms with Crippen LogP contribution in [0.15, 0.2) is 91.3 Å². The van der Waals surface area contributed by atoms with Crippen LogP contribution in [-0.2, 0) is 29.2 Å². The van der Waals surface area contributed by atoms with E-state index in [-0.39, 0.29) is 26.1 Å². The molecule has 5 rings (SSSR count). The predicted molar refractivity (Wildman–Crippen MR) is 158 cm³/mol. The minimum absolute atomic E-state index is 0.0578. The van der Waals surface area contributed by atoms with Crippen molar-refractivity contribution in [2.24, 2.45) is 0 Å². The molecule has 1 unspecified atom stereocenters. The van der Waals surface area contributed by atoms with Crippen LogP contribution in [0.1, 0.15) is 33.5 Å². The number of carbonyl (C=O) groups excluding carboxylic acids is 3. The number of anilines is 1. The monoisotopic (exact) mass is 582 g/mol. The first kappa shape index (κ1) is 29.2. The third kappa shape index (κ3) is 6.48. The first-order valence-electron chi connectivity index (χ1n) is 13.7. The van der Waals surface area contributed by atoms with Crippen LogP contribution in [0.2, 0.25) is 0 Å². The summed E-state index contributed by atoms with van der Waals surface area (Å²) in [5, 5.41) is 2.71. The number of nitrogens with one attached hydrogen (secondary N) is 1. The molecule has 0 aliphatic carbocycles. The van der Waals surface area contributed by atoms with Gasteiger partial charge >= 0.3 is 0 Å². The Kier molecular flexibility index (Phi) is 8.95. The number of ether oxygens (including phenoxy) is 2. The third-order valence-electron chi connectivity index (χ3n) is 7.37. The molecule has 1 atom stereocenters. The van der Waals surface area contributed by atoms with Crippen molar-refractivity contribution in [1.29, 1.82) is 0 Å². The Morgan fingerprint density at radius 3 is 2.44 bits per heavy atom. The lowest BCUT2D eigenvalue weighted by molar-refractivity contribution is -0.129. The molecule has 1 aliphatic rings.